The second kappa shape index (κ2) is 4.58. The predicted molar refractivity (Wildman–Crippen MR) is 67.2 cm³/mol. The fraction of sp³-hybridized carbons (Fsp3) is 0.538. The Hall–Kier alpha value is -0.470. The van der Waals surface area contributed by atoms with E-state index in [0.717, 1.165) is 0 Å². The van der Waals surface area contributed by atoms with Gasteiger partial charge < -0.3 is 5.73 Å². The lowest BCUT2D eigenvalue weighted by Crippen LogP contribution is -2.25. The summed E-state index contributed by atoms with van der Waals surface area (Å²) in [7, 11) is 0. The van der Waals surface area contributed by atoms with Crippen LogP contribution in [0.25, 0.3) is 0 Å². The molecule has 0 amide bonds. The van der Waals surface area contributed by atoms with Gasteiger partial charge in [0.1, 0.15) is 0 Å². The zero-order chi connectivity index (χ0) is 10.8. The summed E-state index contributed by atoms with van der Waals surface area (Å²) in [4.78, 5) is 1.39. The van der Waals surface area contributed by atoms with Gasteiger partial charge in [0, 0.05) is 16.2 Å². The molecule has 2 N–H and O–H groups in total. The first-order valence-corrected chi connectivity index (χ1v) is 6.53. The van der Waals surface area contributed by atoms with Gasteiger partial charge in [-0.1, -0.05) is 24.6 Å². The summed E-state index contributed by atoms with van der Waals surface area (Å²) in [5.41, 5.74) is 7.38. The van der Waals surface area contributed by atoms with Crippen LogP contribution in [-0.2, 0) is 0 Å². The number of benzene rings is 1. The van der Waals surface area contributed by atoms with Crippen LogP contribution < -0.4 is 5.73 Å². The van der Waals surface area contributed by atoms with Crippen molar-refractivity contribution < 1.29 is 0 Å². The van der Waals surface area contributed by atoms with Crippen LogP contribution in [0.15, 0.2) is 29.2 Å². The maximum absolute atomic E-state index is 6.04. The van der Waals surface area contributed by atoms with Gasteiger partial charge in [0.15, 0.2) is 0 Å². The van der Waals surface area contributed by atoms with E-state index in [-0.39, 0.29) is 0 Å². The first-order valence-electron chi connectivity index (χ1n) is 5.66. The van der Waals surface area contributed by atoms with Crippen molar-refractivity contribution >= 4 is 11.8 Å². The van der Waals surface area contributed by atoms with Crippen LogP contribution in [0.2, 0.25) is 0 Å². The quantitative estimate of drug-likeness (QED) is 0.830. The van der Waals surface area contributed by atoms with E-state index in [1.807, 2.05) is 11.8 Å². The van der Waals surface area contributed by atoms with Crippen molar-refractivity contribution in [2.45, 2.75) is 42.9 Å². The Balaban J connectivity index is 2.03. The molecule has 3 atom stereocenters. The van der Waals surface area contributed by atoms with Crippen molar-refractivity contribution in [2.24, 2.45) is 11.7 Å². The van der Waals surface area contributed by atoms with Crippen LogP contribution in [0.1, 0.15) is 25.3 Å². The maximum Gasteiger partial charge on any atom is 0.0135 e. The first-order chi connectivity index (χ1) is 7.16. The van der Waals surface area contributed by atoms with E-state index in [1.54, 1.807) is 0 Å². The van der Waals surface area contributed by atoms with Gasteiger partial charge in [0.2, 0.25) is 0 Å². The Morgan fingerprint density at radius 2 is 2.13 bits per heavy atom. The molecule has 1 aliphatic rings. The molecule has 1 saturated carbocycles. The van der Waals surface area contributed by atoms with Gasteiger partial charge in [-0.2, -0.15) is 0 Å². The summed E-state index contributed by atoms with van der Waals surface area (Å²) in [5.74, 6) is 0.649. The maximum atomic E-state index is 6.04. The highest BCUT2D eigenvalue weighted by Crippen LogP contribution is 2.38. The van der Waals surface area contributed by atoms with Gasteiger partial charge in [0.25, 0.3) is 0 Å². The zero-order valence-electron chi connectivity index (χ0n) is 9.44. The molecule has 2 rings (SSSR count). The second-order valence-electron chi connectivity index (χ2n) is 4.57. The molecule has 3 unspecified atom stereocenters. The Morgan fingerprint density at radius 3 is 2.73 bits per heavy atom. The molecular formula is C13H19NS. The molecule has 1 nitrogen and oxygen atoms in total. The van der Waals surface area contributed by atoms with Crippen molar-refractivity contribution in [2.75, 3.05) is 0 Å². The summed E-state index contributed by atoms with van der Waals surface area (Å²) in [6.07, 6.45) is 2.45. The van der Waals surface area contributed by atoms with Gasteiger partial charge >= 0.3 is 0 Å². The molecule has 1 aromatic rings. The van der Waals surface area contributed by atoms with E-state index in [2.05, 4.69) is 38.1 Å². The lowest BCUT2D eigenvalue weighted by molar-refractivity contribution is 0.535. The summed E-state index contributed by atoms with van der Waals surface area (Å²) in [6.45, 7) is 4.43. The van der Waals surface area contributed by atoms with Crippen LogP contribution in [0.4, 0.5) is 0 Å². The molecule has 15 heavy (non-hydrogen) atoms. The molecule has 1 fully saturated rings. The largest absolute Gasteiger partial charge is 0.327 e. The Labute approximate surface area is 96.4 Å². The minimum Gasteiger partial charge on any atom is -0.327 e. The average Bonchev–Trinajstić information content (AvgIpc) is 2.50. The Bertz CT molecular complexity index is 337. The van der Waals surface area contributed by atoms with E-state index in [9.17, 15) is 0 Å². The van der Waals surface area contributed by atoms with E-state index in [4.69, 9.17) is 5.73 Å². The normalized spacial score (nSPS) is 30.7. The van der Waals surface area contributed by atoms with E-state index < -0.39 is 0 Å². The highest BCUT2D eigenvalue weighted by Gasteiger charge is 2.30. The van der Waals surface area contributed by atoms with Gasteiger partial charge in [-0.25, -0.2) is 0 Å². The third kappa shape index (κ3) is 2.56. The Morgan fingerprint density at radius 1 is 1.33 bits per heavy atom. The summed E-state index contributed by atoms with van der Waals surface area (Å²) < 4.78 is 0. The van der Waals surface area contributed by atoms with Crippen LogP contribution >= 0.6 is 11.8 Å². The van der Waals surface area contributed by atoms with Crippen molar-refractivity contribution in [3.05, 3.63) is 29.8 Å². The van der Waals surface area contributed by atoms with Crippen molar-refractivity contribution in [3.8, 4) is 0 Å². The number of hydrogen-bond donors (Lipinski definition) is 1. The second-order valence-corrected chi connectivity index (χ2v) is 5.89. The van der Waals surface area contributed by atoms with Crippen LogP contribution in [0.5, 0.6) is 0 Å². The fourth-order valence-corrected chi connectivity index (χ4v) is 3.62. The number of nitrogens with two attached hydrogens (primary N) is 1. The minimum atomic E-state index is 0.410. The predicted octanol–water partition coefficient (Wildman–Crippen LogP) is 3.21. The highest BCUT2D eigenvalue weighted by molar-refractivity contribution is 8.00. The standard InChI is InChI=1S/C13H19NS/c1-9-4-3-5-11(8-9)15-13-7-6-12(14)10(13)2/h3-5,8,10,12-13H,6-7,14H2,1-2H3. The van der Waals surface area contributed by atoms with E-state index >= 15 is 0 Å². The summed E-state index contributed by atoms with van der Waals surface area (Å²) in [6, 6.07) is 9.16. The third-order valence-corrected chi connectivity index (χ3v) is 4.82. The van der Waals surface area contributed by atoms with Gasteiger partial charge in [-0.15, -0.1) is 11.8 Å². The van der Waals surface area contributed by atoms with Crippen molar-refractivity contribution in [1.29, 1.82) is 0 Å². The molecule has 0 spiro atoms. The molecule has 0 bridgehead atoms. The smallest absolute Gasteiger partial charge is 0.0135 e. The molecule has 2 heteroatoms. The van der Waals surface area contributed by atoms with Crippen molar-refractivity contribution in [1.82, 2.24) is 0 Å². The fourth-order valence-electron chi connectivity index (χ4n) is 2.19. The van der Waals surface area contributed by atoms with E-state index in [1.165, 1.54) is 23.3 Å². The average molecular weight is 221 g/mol. The molecule has 82 valence electrons. The zero-order valence-corrected chi connectivity index (χ0v) is 10.3. The molecule has 1 aliphatic carbocycles. The summed E-state index contributed by atoms with van der Waals surface area (Å²) >= 11 is 2.00. The molecule has 0 saturated heterocycles. The summed E-state index contributed by atoms with van der Waals surface area (Å²) in [5, 5.41) is 0.710. The molecule has 0 aromatic heterocycles. The molecule has 0 radical (unpaired) electrons. The molecule has 0 aliphatic heterocycles. The van der Waals surface area contributed by atoms with Crippen molar-refractivity contribution in [3.63, 3.8) is 0 Å². The highest BCUT2D eigenvalue weighted by atomic mass is 32.2. The van der Waals surface area contributed by atoms with Gasteiger partial charge in [-0.05, 0) is 37.8 Å². The lowest BCUT2D eigenvalue weighted by Gasteiger charge is -2.17. The van der Waals surface area contributed by atoms with Gasteiger partial charge in [-0.3, -0.25) is 0 Å². The molecule has 1 aromatic carbocycles. The van der Waals surface area contributed by atoms with Crippen LogP contribution in [0.3, 0.4) is 0 Å². The topological polar surface area (TPSA) is 26.0 Å². The number of hydrogen-bond acceptors (Lipinski definition) is 2. The monoisotopic (exact) mass is 221 g/mol. The molecule has 0 heterocycles. The first kappa shape index (κ1) is 11.0. The third-order valence-electron chi connectivity index (χ3n) is 3.32. The van der Waals surface area contributed by atoms with E-state index in [0.29, 0.717) is 17.2 Å². The minimum absolute atomic E-state index is 0.410. The lowest BCUT2D eigenvalue weighted by atomic mass is 10.1. The number of rotatable bonds is 2. The van der Waals surface area contributed by atoms with Crippen LogP contribution in [0, 0.1) is 12.8 Å². The SMILES string of the molecule is Cc1cccc(SC2CCC(N)C2C)c1. The Kier molecular flexibility index (Phi) is 3.37. The van der Waals surface area contributed by atoms with Crippen LogP contribution in [-0.4, -0.2) is 11.3 Å². The van der Waals surface area contributed by atoms with Gasteiger partial charge in [0.05, 0.1) is 0 Å². The number of aryl methyl sites for hydroxylation is 1. The molecular weight excluding hydrogens is 202 g/mol. The number of thioether (sulfide) groups is 1.